The number of carbonyl (C=O) groups is 2. The molecule has 0 saturated carbocycles. The zero-order valence-corrected chi connectivity index (χ0v) is 16.8. The number of ketones is 2. The number of methoxy groups -OCH3 is 1. The van der Waals surface area contributed by atoms with Crippen molar-refractivity contribution < 1.29 is 24.5 Å². The molecular weight excluding hydrogens is 392 g/mol. The molecular formula is C19H22N6O5. The Morgan fingerprint density at radius 1 is 1.23 bits per heavy atom. The molecule has 3 N–H and O–H groups in total. The molecule has 0 radical (unpaired) electrons. The molecule has 0 bridgehead atoms. The Labute approximate surface area is 171 Å². The predicted molar refractivity (Wildman–Crippen MR) is 104 cm³/mol. The van der Waals surface area contributed by atoms with E-state index in [1.54, 1.807) is 0 Å². The summed E-state index contributed by atoms with van der Waals surface area (Å²) in [7, 11) is 1.38. The number of rotatable bonds is 9. The van der Waals surface area contributed by atoms with Crippen LogP contribution in [-0.2, 0) is 6.54 Å². The molecule has 0 fully saturated rings. The molecule has 11 heteroatoms. The molecule has 11 nitrogen and oxygen atoms in total. The van der Waals surface area contributed by atoms with E-state index in [1.807, 2.05) is 13.8 Å². The third-order valence-corrected chi connectivity index (χ3v) is 4.59. The van der Waals surface area contributed by atoms with Crippen LogP contribution in [0.25, 0.3) is 0 Å². The van der Waals surface area contributed by atoms with Crippen LogP contribution in [0.5, 0.6) is 17.2 Å². The SMILES string of the molecule is COc1c(C(C)C)cc(C(=O)c2cn(CCCC(=O)c3cn[nH]n3)nn2)c(O)c1O. The zero-order valence-electron chi connectivity index (χ0n) is 16.8. The maximum atomic E-state index is 12.8. The van der Waals surface area contributed by atoms with Crippen LogP contribution in [0.3, 0.4) is 0 Å². The Bertz CT molecular complexity index is 1060. The van der Waals surface area contributed by atoms with Crippen LogP contribution in [0, 0.1) is 0 Å². The van der Waals surface area contributed by atoms with Gasteiger partial charge in [-0.1, -0.05) is 19.1 Å². The van der Waals surface area contributed by atoms with Crippen LogP contribution < -0.4 is 4.74 Å². The van der Waals surface area contributed by atoms with E-state index in [1.165, 1.54) is 30.3 Å². The highest BCUT2D eigenvalue weighted by molar-refractivity contribution is 6.10. The fraction of sp³-hybridized carbons (Fsp3) is 0.368. The number of phenols is 2. The number of nitrogens with zero attached hydrogens (tertiary/aromatic N) is 5. The maximum Gasteiger partial charge on any atom is 0.218 e. The van der Waals surface area contributed by atoms with E-state index in [-0.39, 0.29) is 40.8 Å². The van der Waals surface area contributed by atoms with Crippen molar-refractivity contribution in [1.29, 1.82) is 0 Å². The lowest BCUT2D eigenvalue weighted by Crippen LogP contribution is -2.06. The summed E-state index contributed by atoms with van der Waals surface area (Å²) >= 11 is 0. The maximum absolute atomic E-state index is 12.8. The van der Waals surface area contributed by atoms with Gasteiger partial charge in [0.25, 0.3) is 0 Å². The van der Waals surface area contributed by atoms with Crippen molar-refractivity contribution in [1.82, 2.24) is 30.4 Å². The molecule has 0 spiro atoms. The first kappa shape index (κ1) is 21.0. The number of aromatic hydroxyl groups is 2. The number of nitrogens with one attached hydrogen (secondary N) is 1. The van der Waals surface area contributed by atoms with Gasteiger partial charge in [-0.25, -0.2) is 0 Å². The van der Waals surface area contributed by atoms with Crippen LogP contribution in [0.15, 0.2) is 18.5 Å². The van der Waals surface area contributed by atoms with Crippen LogP contribution in [0.4, 0.5) is 0 Å². The minimum absolute atomic E-state index is 0.00685. The number of hydrogen-bond donors (Lipinski definition) is 3. The Morgan fingerprint density at radius 2 is 2.00 bits per heavy atom. The smallest absolute Gasteiger partial charge is 0.218 e. The Balaban J connectivity index is 1.74. The van der Waals surface area contributed by atoms with Crippen molar-refractivity contribution in [2.75, 3.05) is 7.11 Å². The number of phenolic OH excluding ortho intramolecular Hbond substituents is 2. The number of Topliss-reactive ketones (excluding diaryl/α,β-unsaturated/α-hetero) is 1. The van der Waals surface area contributed by atoms with Crippen molar-refractivity contribution in [3.8, 4) is 17.2 Å². The Hall–Kier alpha value is -3.76. The molecule has 158 valence electrons. The van der Waals surface area contributed by atoms with Gasteiger partial charge in [-0.2, -0.15) is 15.4 Å². The van der Waals surface area contributed by atoms with E-state index in [9.17, 15) is 19.8 Å². The molecule has 2 heterocycles. The number of aryl methyl sites for hydroxylation is 1. The van der Waals surface area contributed by atoms with Crippen molar-refractivity contribution in [3.05, 3.63) is 41.0 Å². The molecule has 0 atom stereocenters. The summed E-state index contributed by atoms with van der Waals surface area (Å²) in [5.41, 5.74) is 0.757. The Kier molecular flexibility index (Phi) is 6.09. The molecule has 0 aliphatic carbocycles. The molecule has 0 saturated heterocycles. The highest BCUT2D eigenvalue weighted by Gasteiger charge is 2.25. The first-order valence-corrected chi connectivity index (χ1v) is 9.30. The fourth-order valence-electron chi connectivity index (χ4n) is 2.99. The van der Waals surface area contributed by atoms with E-state index < -0.39 is 17.3 Å². The van der Waals surface area contributed by atoms with Crippen LogP contribution in [0.2, 0.25) is 0 Å². The quantitative estimate of drug-likeness (QED) is 0.351. The molecule has 0 aliphatic heterocycles. The first-order chi connectivity index (χ1) is 14.3. The second-order valence-electron chi connectivity index (χ2n) is 6.98. The minimum Gasteiger partial charge on any atom is -0.504 e. The van der Waals surface area contributed by atoms with E-state index in [4.69, 9.17) is 4.74 Å². The van der Waals surface area contributed by atoms with E-state index in [0.717, 1.165) is 0 Å². The molecule has 0 amide bonds. The normalized spacial score (nSPS) is 11.1. The molecule has 0 aliphatic rings. The lowest BCUT2D eigenvalue weighted by atomic mass is 9.95. The zero-order chi connectivity index (χ0) is 21.8. The number of ether oxygens (including phenoxy) is 1. The summed E-state index contributed by atoms with van der Waals surface area (Å²) < 4.78 is 6.60. The lowest BCUT2D eigenvalue weighted by Gasteiger charge is -2.16. The second-order valence-corrected chi connectivity index (χ2v) is 6.98. The number of hydrogen-bond acceptors (Lipinski definition) is 9. The third-order valence-electron chi connectivity index (χ3n) is 4.59. The van der Waals surface area contributed by atoms with E-state index in [2.05, 4.69) is 25.7 Å². The summed E-state index contributed by atoms with van der Waals surface area (Å²) in [5, 5.41) is 38.0. The largest absolute Gasteiger partial charge is 0.504 e. The van der Waals surface area contributed by atoms with Crippen molar-refractivity contribution >= 4 is 11.6 Å². The molecule has 3 aromatic rings. The summed E-state index contributed by atoms with van der Waals surface area (Å²) in [6.45, 7) is 4.11. The monoisotopic (exact) mass is 414 g/mol. The molecule has 0 unspecified atom stereocenters. The van der Waals surface area contributed by atoms with Crippen LogP contribution in [0.1, 0.15) is 64.7 Å². The fourth-order valence-corrected chi connectivity index (χ4v) is 2.99. The van der Waals surface area contributed by atoms with Gasteiger partial charge in [0.1, 0.15) is 5.69 Å². The number of aromatic nitrogens is 6. The summed E-state index contributed by atoms with van der Waals surface area (Å²) in [4.78, 5) is 24.8. The van der Waals surface area contributed by atoms with Gasteiger partial charge in [-0.05, 0) is 18.4 Å². The van der Waals surface area contributed by atoms with Crippen molar-refractivity contribution in [3.63, 3.8) is 0 Å². The first-order valence-electron chi connectivity index (χ1n) is 9.30. The highest BCUT2D eigenvalue weighted by atomic mass is 16.5. The summed E-state index contributed by atoms with van der Waals surface area (Å²) in [6.07, 6.45) is 3.49. The van der Waals surface area contributed by atoms with Crippen LogP contribution >= 0.6 is 0 Å². The van der Waals surface area contributed by atoms with Gasteiger partial charge in [0.2, 0.25) is 11.5 Å². The van der Waals surface area contributed by atoms with Gasteiger partial charge in [0.15, 0.2) is 23.0 Å². The number of carbonyl (C=O) groups excluding carboxylic acids is 2. The van der Waals surface area contributed by atoms with Gasteiger partial charge in [0.05, 0.1) is 25.1 Å². The third kappa shape index (κ3) is 4.14. The lowest BCUT2D eigenvalue weighted by molar-refractivity contribution is 0.0972. The minimum atomic E-state index is -0.586. The average Bonchev–Trinajstić information content (AvgIpc) is 3.41. The van der Waals surface area contributed by atoms with Crippen molar-refractivity contribution in [2.45, 2.75) is 39.2 Å². The Morgan fingerprint density at radius 3 is 2.63 bits per heavy atom. The molecule has 1 aromatic carbocycles. The summed E-state index contributed by atoms with van der Waals surface area (Å²) in [5.74, 6) is -1.74. The number of aromatic amines is 1. The highest BCUT2D eigenvalue weighted by Crippen LogP contribution is 2.44. The predicted octanol–water partition coefficient (Wildman–Crippen LogP) is 1.83. The van der Waals surface area contributed by atoms with Crippen LogP contribution in [-0.4, -0.2) is 59.3 Å². The van der Waals surface area contributed by atoms with Gasteiger partial charge >= 0.3 is 0 Å². The summed E-state index contributed by atoms with van der Waals surface area (Å²) in [6, 6.07) is 1.48. The van der Waals surface area contributed by atoms with Gasteiger partial charge in [0, 0.05) is 18.5 Å². The van der Waals surface area contributed by atoms with Gasteiger partial charge in [-0.15, -0.1) is 5.10 Å². The van der Waals surface area contributed by atoms with E-state index in [0.29, 0.717) is 18.5 Å². The number of benzene rings is 1. The second kappa shape index (κ2) is 8.72. The molecule has 3 rings (SSSR count). The van der Waals surface area contributed by atoms with E-state index >= 15 is 0 Å². The molecule has 2 aromatic heterocycles. The van der Waals surface area contributed by atoms with Crippen molar-refractivity contribution in [2.24, 2.45) is 0 Å². The van der Waals surface area contributed by atoms with Gasteiger partial charge in [-0.3, -0.25) is 14.3 Å². The topological polar surface area (TPSA) is 156 Å². The van der Waals surface area contributed by atoms with Gasteiger partial charge < -0.3 is 14.9 Å². The molecule has 30 heavy (non-hydrogen) atoms. The average molecular weight is 414 g/mol. The number of H-pyrrole nitrogens is 1. The standard InChI is InChI=1S/C19H22N6O5/c1-10(2)11-7-12(17(28)18(29)19(11)30-3)16(27)14-9-25(24-22-14)6-4-5-15(26)13-8-20-23-21-13/h7-10,28-29H,4-6H2,1-3H3,(H,20,21,23).